The summed E-state index contributed by atoms with van der Waals surface area (Å²) in [5, 5.41) is 2.36. The van der Waals surface area contributed by atoms with Crippen molar-refractivity contribution in [1.82, 2.24) is 0 Å². The van der Waals surface area contributed by atoms with Crippen molar-refractivity contribution in [3.8, 4) is 5.75 Å². The summed E-state index contributed by atoms with van der Waals surface area (Å²) in [4.78, 5) is 38.8. The molecule has 1 unspecified atom stereocenters. The first kappa shape index (κ1) is 23.2. The topological polar surface area (TPSA) is 72.9 Å². The maximum Gasteiger partial charge on any atom is 0.348 e. The average Bonchev–Trinajstić information content (AvgIpc) is 3.19. The molecule has 0 aliphatic carbocycles. The van der Waals surface area contributed by atoms with E-state index >= 15 is 0 Å². The number of fused-ring (bicyclic) bond motifs is 1. The predicted molar refractivity (Wildman–Crippen MR) is 123 cm³/mol. The zero-order chi connectivity index (χ0) is 23.9. The smallest absolute Gasteiger partial charge is 0.348 e. The second-order valence-corrected chi connectivity index (χ2v) is 8.87. The van der Waals surface area contributed by atoms with Crippen molar-refractivity contribution in [3.05, 3.63) is 79.2 Å². The fraction of sp³-hybridized carbons (Fsp3) is 0.174. The van der Waals surface area contributed by atoms with E-state index in [1.54, 1.807) is 30.5 Å². The normalized spacial score (nSPS) is 14.2. The Morgan fingerprint density at radius 1 is 1.18 bits per heavy atom. The molecule has 0 radical (unpaired) electrons. The number of hydrogen-bond acceptors (Lipinski definition) is 6. The van der Waals surface area contributed by atoms with Crippen LogP contribution in [0.2, 0.25) is 10.0 Å². The Morgan fingerprint density at radius 3 is 2.55 bits per heavy atom. The van der Waals surface area contributed by atoms with Crippen molar-refractivity contribution in [2.45, 2.75) is 19.4 Å². The number of carbonyl (C=O) groups excluding carboxylic acids is 3. The molecule has 2 aromatic carbocycles. The Bertz CT molecular complexity index is 1270. The second-order valence-electron chi connectivity index (χ2n) is 7.18. The molecule has 2 heterocycles. The summed E-state index contributed by atoms with van der Waals surface area (Å²) in [6.07, 6.45) is -0.767. The van der Waals surface area contributed by atoms with Crippen LogP contribution in [0.5, 0.6) is 5.75 Å². The summed E-state index contributed by atoms with van der Waals surface area (Å²) in [5.74, 6) is -2.74. The summed E-state index contributed by atoms with van der Waals surface area (Å²) >= 11 is 13.5. The number of nitrogens with zero attached hydrogens (tertiary/aromatic N) is 1. The summed E-state index contributed by atoms with van der Waals surface area (Å²) in [6, 6.07) is 8.75. The van der Waals surface area contributed by atoms with Gasteiger partial charge in [0.2, 0.25) is 5.91 Å². The molecule has 10 heteroatoms. The van der Waals surface area contributed by atoms with E-state index in [1.807, 2.05) is 0 Å². The van der Waals surface area contributed by atoms with Crippen LogP contribution in [0.4, 0.5) is 10.1 Å². The average molecular weight is 508 g/mol. The van der Waals surface area contributed by atoms with Gasteiger partial charge in [-0.1, -0.05) is 29.3 Å². The Balaban J connectivity index is 1.70. The third kappa shape index (κ3) is 4.21. The molecule has 0 saturated carbocycles. The van der Waals surface area contributed by atoms with Crippen LogP contribution in [0.25, 0.3) is 0 Å². The number of hydrogen-bond donors (Lipinski definition) is 0. The summed E-state index contributed by atoms with van der Waals surface area (Å²) in [5.41, 5.74) is 0.699. The number of methoxy groups -OCH3 is 1. The third-order valence-corrected chi connectivity index (χ3v) is 6.79. The third-order valence-electron chi connectivity index (χ3n) is 5.12. The van der Waals surface area contributed by atoms with Gasteiger partial charge in [-0.2, -0.15) is 0 Å². The van der Waals surface area contributed by atoms with E-state index in [1.165, 1.54) is 19.2 Å². The molecule has 0 saturated heterocycles. The Labute approximate surface area is 202 Å². The molecule has 33 heavy (non-hydrogen) atoms. The van der Waals surface area contributed by atoms with Gasteiger partial charge in [0, 0.05) is 21.7 Å². The van der Waals surface area contributed by atoms with Gasteiger partial charge < -0.3 is 9.47 Å². The van der Waals surface area contributed by atoms with E-state index in [-0.39, 0.29) is 28.3 Å². The first-order valence-corrected chi connectivity index (χ1v) is 11.3. The number of halogens is 3. The zero-order valence-electron chi connectivity index (χ0n) is 17.4. The van der Waals surface area contributed by atoms with Crippen LogP contribution >= 0.6 is 34.5 Å². The minimum atomic E-state index is -0.804. The minimum absolute atomic E-state index is 0.0355. The van der Waals surface area contributed by atoms with E-state index in [0.29, 0.717) is 21.2 Å². The standard InChI is InChI=1S/C23H16Cl2FNO5S/c1-11(19-14(24)4-3-5-15(19)25)32-13-6-7-16(26)17(9-13)27-18(28)8-12-10-33-21(23(30)31-2)20(12)22(27)29/h3-7,9-11H,8H2,1-2H3. The molecule has 0 N–H and O–H groups in total. The second kappa shape index (κ2) is 9.13. The molecule has 3 aromatic rings. The Morgan fingerprint density at radius 2 is 1.88 bits per heavy atom. The molecule has 6 nitrogen and oxygen atoms in total. The van der Waals surface area contributed by atoms with Crippen molar-refractivity contribution in [3.63, 3.8) is 0 Å². The number of esters is 1. The van der Waals surface area contributed by atoms with Gasteiger partial charge in [-0.3, -0.25) is 9.59 Å². The number of thiophene rings is 1. The maximum atomic E-state index is 14.8. The lowest BCUT2D eigenvalue weighted by atomic mass is 10.0. The first-order chi connectivity index (χ1) is 15.7. The van der Waals surface area contributed by atoms with Crippen molar-refractivity contribution >= 4 is 58.0 Å². The Hall–Kier alpha value is -2.94. The molecule has 0 spiro atoms. The summed E-state index contributed by atoms with van der Waals surface area (Å²) in [6.45, 7) is 1.72. The largest absolute Gasteiger partial charge is 0.486 e. The zero-order valence-corrected chi connectivity index (χ0v) is 19.7. The van der Waals surface area contributed by atoms with Gasteiger partial charge in [0.15, 0.2) is 0 Å². The molecule has 4 rings (SSSR count). The van der Waals surface area contributed by atoms with Gasteiger partial charge in [0.25, 0.3) is 5.91 Å². The molecule has 1 aliphatic rings. The number of anilines is 1. The fourth-order valence-corrected chi connectivity index (χ4v) is 5.29. The molecule has 170 valence electrons. The SMILES string of the molecule is COC(=O)c1scc2c1C(=O)N(c1cc(OC(C)c3c(Cl)cccc3Cl)ccc1F)C(=O)C2. The van der Waals surface area contributed by atoms with Gasteiger partial charge in [-0.05, 0) is 42.1 Å². The molecular formula is C23H16Cl2FNO5S. The molecule has 0 fully saturated rings. The Kier molecular flexibility index (Phi) is 6.43. The van der Waals surface area contributed by atoms with Gasteiger partial charge >= 0.3 is 5.97 Å². The lowest BCUT2D eigenvalue weighted by Crippen LogP contribution is -2.43. The van der Waals surface area contributed by atoms with Crippen LogP contribution in [0.15, 0.2) is 41.8 Å². The number of ether oxygens (including phenoxy) is 2. The van der Waals surface area contributed by atoms with Crippen LogP contribution < -0.4 is 9.64 Å². The van der Waals surface area contributed by atoms with E-state index < -0.39 is 29.7 Å². The van der Waals surface area contributed by atoms with Crippen LogP contribution in [-0.2, 0) is 16.0 Å². The number of imide groups is 1. The van der Waals surface area contributed by atoms with E-state index in [0.717, 1.165) is 22.3 Å². The van der Waals surface area contributed by atoms with Crippen LogP contribution in [0.1, 0.15) is 44.2 Å². The molecule has 1 aromatic heterocycles. The van der Waals surface area contributed by atoms with E-state index in [2.05, 4.69) is 0 Å². The first-order valence-electron chi connectivity index (χ1n) is 9.69. The van der Waals surface area contributed by atoms with Gasteiger partial charge in [0.1, 0.15) is 22.5 Å². The molecule has 1 aliphatic heterocycles. The van der Waals surface area contributed by atoms with Crippen molar-refractivity contribution in [2.24, 2.45) is 0 Å². The van der Waals surface area contributed by atoms with Crippen LogP contribution in [0.3, 0.4) is 0 Å². The summed E-state index contributed by atoms with van der Waals surface area (Å²) in [7, 11) is 1.19. The number of carbonyl (C=O) groups is 3. The molecule has 1 atom stereocenters. The van der Waals surface area contributed by atoms with E-state index in [9.17, 15) is 18.8 Å². The maximum absolute atomic E-state index is 14.8. The fourth-order valence-electron chi connectivity index (χ4n) is 3.61. The highest BCUT2D eigenvalue weighted by atomic mass is 35.5. The quantitative estimate of drug-likeness (QED) is 0.320. The van der Waals surface area contributed by atoms with Crippen molar-refractivity contribution in [2.75, 3.05) is 12.0 Å². The highest BCUT2D eigenvalue weighted by molar-refractivity contribution is 7.12. The number of rotatable bonds is 5. The lowest BCUT2D eigenvalue weighted by molar-refractivity contribution is -0.117. The monoisotopic (exact) mass is 507 g/mol. The van der Waals surface area contributed by atoms with Crippen LogP contribution in [-0.4, -0.2) is 24.9 Å². The van der Waals surface area contributed by atoms with Gasteiger partial charge in [-0.25, -0.2) is 14.1 Å². The molecule has 2 amide bonds. The highest BCUT2D eigenvalue weighted by Crippen LogP contribution is 2.37. The van der Waals surface area contributed by atoms with E-state index in [4.69, 9.17) is 32.7 Å². The van der Waals surface area contributed by atoms with Crippen molar-refractivity contribution < 1.29 is 28.2 Å². The van der Waals surface area contributed by atoms with Crippen LogP contribution in [0, 0.1) is 5.82 Å². The van der Waals surface area contributed by atoms with Crippen molar-refractivity contribution in [1.29, 1.82) is 0 Å². The van der Waals surface area contributed by atoms with Gasteiger partial charge in [-0.15, -0.1) is 11.3 Å². The predicted octanol–water partition coefficient (Wildman–Crippen LogP) is 5.85. The number of benzene rings is 2. The van der Waals surface area contributed by atoms with Gasteiger partial charge in [0.05, 0.1) is 24.8 Å². The molecule has 0 bridgehead atoms. The highest BCUT2D eigenvalue weighted by Gasteiger charge is 2.38. The minimum Gasteiger partial charge on any atom is -0.486 e. The summed E-state index contributed by atoms with van der Waals surface area (Å²) < 4.78 is 25.4. The number of amides is 2. The molecular weight excluding hydrogens is 492 g/mol. The lowest BCUT2D eigenvalue weighted by Gasteiger charge is -2.27.